The summed E-state index contributed by atoms with van der Waals surface area (Å²) < 4.78 is 5.58. The van der Waals surface area contributed by atoms with E-state index in [0.717, 1.165) is 70.3 Å². The Morgan fingerprint density at radius 2 is 1.63 bits per heavy atom. The number of hydrogen-bond donors (Lipinski definition) is 2. The molecule has 1 saturated carbocycles. The van der Waals surface area contributed by atoms with E-state index < -0.39 is 5.60 Å². The van der Waals surface area contributed by atoms with Gasteiger partial charge in [0.05, 0.1) is 0 Å². The van der Waals surface area contributed by atoms with Crippen molar-refractivity contribution in [3.05, 3.63) is 12.3 Å². The molecule has 1 aromatic rings. The first-order valence-corrected chi connectivity index (χ1v) is 17.6. The molecule has 3 aliphatic heterocycles. The highest BCUT2D eigenvalue weighted by atomic mass is 16.6. The fourth-order valence-electron chi connectivity index (χ4n) is 7.75. The summed E-state index contributed by atoms with van der Waals surface area (Å²) in [5.41, 5.74) is -0.436. The van der Waals surface area contributed by atoms with E-state index in [1.54, 1.807) is 0 Å². The molecule has 1 amide bonds. The normalized spacial score (nSPS) is 25.4. The van der Waals surface area contributed by atoms with Crippen molar-refractivity contribution in [3.63, 3.8) is 0 Å². The Morgan fingerprint density at radius 1 is 0.907 bits per heavy atom. The molecule has 4 aliphatic rings. The van der Waals surface area contributed by atoms with Crippen LogP contribution in [0, 0.1) is 5.92 Å². The summed E-state index contributed by atoms with van der Waals surface area (Å²) in [6.45, 7) is 12.9. The first kappa shape index (κ1) is 32.3. The third-order valence-electron chi connectivity index (χ3n) is 10.1. The zero-order chi connectivity index (χ0) is 30.1. The number of carbonyl (C=O) groups is 1. The average molecular weight is 598 g/mol. The van der Waals surface area contributed by atoms with E-state index in [1.165, 1.54) is 77.2 Å². The summed E-state index contributed by atoms with van der Waals surface area (Å²) >= 11 is 0. The summed E-state index contributed by atoms with van der Waals surface area (Å²) in [6.07, 6.45) is 19.4. The SMILES string of the molecule is CC(C)(C)OC(=O)N1CCC(CNCCC2C(Nc3nccc(N4CCCCCC4)n3)CCCN2C2CCCCC2)CC1. The minimum absolute atomic E-state index is 0.168. The first-order chi connectivity index (χ1) is 20.9. The number of anilines is 2. The van der Waals surface area contributed by atoms with Crippen molar-refractivity contribution in [2.24, 2.45) is 5.92 Å². The predicted octanol–water partition coefficient (Wildman–Crippen LogP) is 6.06. The highest BCUT2D eigenvalue weighted by molar-refractivity contribution is 5.68. The number of piperidine rings is 2. The van der Waals surface area contributed by atoms with Crippen molar-refractivity contribution in [2.45, 2.75) is 134 Å². The lowest BCUT2D eigenvalue weighted by atomic mass is 9.87. The van der Waals surface area contributed by atoms with Crippen molar-refractivity contribution >= 4 is 17.9 Å². The van der Waals surface area contributed by atoms with E-state index in [9.17, 15) is 4.79 Å². The number of carbonyl (C=O) groups excluding carboxylic acids is 1. The largest absolute Gasteiger partial charge is 0.444 e. The van der Waals surface area contributed by atoms with Gasteiger partial charge in [0.1, 0.15) is 11.4 Å². The lowest BCUT2D eigenvalue weighted by Gasteiger charge is -2.47. The molecule has 242 valence electrons. The van der Waals surface area contributed by atoms with Crippen LogP contribution in [-0.2, 0) is 4.74 Å². The van der Waals surface area contributed by atoms with Gasteiger partial charge in [0.15, 0.2) is 0 Å². The van der Waals surface area contributed by atoms with E-state index in [1.807, 2.05) is 31.9 Å². The van der Waals surface area contributed by atoms with Crippen LogP contribution < -0.4 is 15.5 Å². The molecule has 9 nitrogen and oxygen atoms in total. The monoisotopic (exact) mass is 597 g/mol. The molecule has 0 spiro atoms. The van der Waals surface area contributed by atoms with Crippen LogP contribution in [0.3, 0.4) is 0 Å². The van der Waals surface area contributed by atoms with Crippen LogP contribution in [0.2, 0.25) is 0 Å². The lowest BCUT2D eigenvalue weighted by Crippen LogP contribution is -2.56. The standard InChI is InChI=1S/C34H59N7O2/c1-34(2,3)43-33(42)40-24-17-27(18-25-40)26-35-19-15-30-29(14-11-23-41(30)28-12-7-6-8-13-28)37-32-36-20-16-31(38-32)39-21-9-4-5-10-22-39/h16,20,27-30,35H,4-15,17-19,21-26H2,1-3H3,(H,36,37,38). The van der Waals surface area contributed by atoms with Crippen molar-refractivity contribution in [1.82, 2.24) is 25.1 Å². The number of nitrogens with zero attached hydrogens (tertiary/aromatic N) is 5. The number of ether oxygens (including phenoxy) is 1. The predicted molar refractivity (Wildman–Crippen MR) is 175 cm³/mol. The maximum atomic E-state index is 12.5. The smallest absolute Gasteiger partial charge is 0.410 e. The molecule has 2 N–H and O–H groups in total. The van der Waals surface area contributed by atoms with Crippen molar-refractivity contribution in [1.29, 1.82) is 0 Å². The zero-order valence-electron chi connectivity index (χ0n) is 27.4. The van der Waals surface area contributed by atoms with Crippen LogP contribution >= 0.6 is 0 Å². The quantitative estimate of drug-likeness (QED) is 0.332. The van der Waals surface area contributed by atoms with Gasteiger partial charge in [-0.2, -0.15) is 4.98 Å². The molecule has 2 atom stereocenters. The molecule has 3 saturated heterocycles. The maximum Gasteiger partial charge on any atom is 0.410 e. The first-order valence-electron chi connectivity index (χ1n) is 17.6. The van der Waals surface area contributed by atoms with Gasteiger partial charge < -0.3 is 25.2 Å². The molecule has 5 rings (SSSR count). The number of hydrogen-bond acceptors (Lipinski definition) is 8. The Hall–Kier alpha value is -2.13. The summed E-state index contributed by atoms with van der Waals surface area (Å²) in [4.78, 5) is 29.4. The molecule has 1 aliphatic carbocycles. The van der Waals surface area contributed by atoms with Gasteiger partial charge in [0, 0.05) is 50.5 Å². The second-order valence-corrected chi connectivity index (χ2v) is 14.5. The number of aromatic nitrogens is 2. The van der Waals surface area contributed by atoms with E-state index in [4.69, 9.17) is 14.7 Å². The Kier molecular flexibility index (Phi) is 11.8. The molecule has 0 aromatic carbocycles. The molecule has 0 bridgehead atoms. The highest BCUT2D eigenvalue weighted by Crippen LogP contribution is 2.31. The Bertz CT molecular complexity index is 979. The van der Waals surface area contributed by atoms with E-state index in [2.05, 4.69) is 26.5 Å². The molecule has 2 unspecified atom stereocenters. The van der Waals surface area contributed by atoms with Gasteiger partial charge in [0.2, 0.25) is 5.95 Å². The van der Waals surface area contributed by atoms with Gasteiger partial charge in [0.25, 0.3) is 0 Å². The molecule has 43 heavy (non-hydrogen) atoms. The number of rotatable bonds is 9. The summed E-state index contributed by atoms with van der Waals surface area (Å²) in [7, 11) is 0. The minimum atomic E-state index is -0.436. The van der Waals surface area contributed by atoms with Crippen LogP contribution in [-0.4, -0.2) is 95.4 Å². The zero-order valence-corrected chi connectivity index (χ0v) is 27.4. The van der Waals surface area contributed by atoms with Gasteiger partial charge in [-0.25, -0.2) is 9.78 Å². The highest BCUT2D eigenvalue weighted by Gasteiger charge is 2.36. The maximum absolute atomic E-state index is 12.5. The lowest BCUT2D eigenvalue weighted by molar-refractivity contribution is 0.0183. The third-order valence-corrected chi connectivity index (χ3v) is 10.1. The number of amides is 1. The minimum Gasteiger partial charge on any atom is -0.444 e. The Labute approximate surface area is 260 Å². The summed E-state index contributed by atoms with van der Waals surface area (Å²) in [5.74, 6) is 2.49. The second-order valence-electron chi connectivity index (χ2n) is 14.5. The Balaban J connectivity index is 1.15. The molecule has 4 heterocycles. The van der Waals surface area contributed by atoms with Crippen LogP contribution in [0.15, 0.2) is 12.3 Å². The van der Waals surface area contributed by atoms with Crippen LogP contribution in [0.5, 0.6) is 0 Å². The molecule has 1 aromatic heterocycles. The molecular weight excluding hydrogens is 538 g/mol. The number of nitrogens with one attached hydrogen (secondary N) is 2. The van der Waals surface area contributed by atoms with E-state index >= 15 is 0 Å². The van der Waals surface area contributed by atoms with Gasteiger partial charge in [-0.1, -0.05) is 32.1 Å². The van der Waals surface area contributed by atoms with Gasteiger partial charge >= 0.3 is 6.09 Å². The summed E-state index contributed by atoms with van der Waals surface area (Å²) in [6, 6.07) is 3.66. The fourth-order valence-corrected chi connectivity index (χ4v) is 7.75. The van der Waals surface area contributed by atoms with E-state index in [0.29, 0.717) is 24.0 Å². The van der Waals surface area contributed by atoms with Gasteiger partial charge in [-0.3, -0.25) is 4.90 Å². The topological polar surface area (TPSA) is 85.9 Å². The number of likely N-dealkylation sites (tertiary alicyclic amines) is 2. The fraction of sp³-hybridized carbons (Fsp3) is 0.853. The molecule has 0 radical (unpaired) electrons. The van der Waals surface area contributed by atoms with Gasteiger partial charge in [-0.15, -0.1) is 0 Å². The van der Waals surface area contributed by atoms with Crippen molar-refractivity contribution in [2.75, 3.05) is 56.0 Å². The second kappa shape index (κ2) is 15.7. The average Bonchev–Trinajstić information content (AvgIpc) is 3.30. The molecule has 9 heteroatoms. The van der Waals surface area contributed by atoms with Crippen molar-refractivity contribution < 1.29 is 9.53 Å². The van der Waals surface area contributed by atoms with E-state index in [-0.39, 0.29) is 6.09 Å². The third kappa shape index (κ3) is 9.68. The summed E-state index contributed by atoms with van der Waals surface area (Å²) in [5, 5.41) is 7.67. The van der Waals surface area contributed by atoms with Gasteiger partial charge in [-0.05, 0) is 110 Å². The molecule has 4 fully saturated rings. The Morgan fingerprint density at radius 3 is 2.35 bits per heavy atom. The van der Waals surface area contributed by atoms with Crippen molar-refractivity contribution in [3.8, 4) is 0 Å². The van der Waals surface area contributed by atoms with Crippen LogP contribution in [0.1, 0.15) is 111 Å². The van der Waals surface area contributed by atoms with Crippen LogP contribution in [0.25, 0.3) is 0 Å². The molecular formula is C34H59N7O2. The van der Waals surface area contributed by atoms with Crippen LogP contribution in [0.4, 0.5) is 16.6 Å².